The van der Waals surface area contributed by atoms with E-state index in [9.17, 15) is 4.79 Å². The molecule has 0 saturated carbocycles. The lowest BCUT2D eigenvalue weighted by Gasteiger charge is -2.20. The summed E-state index contributed by atoms with van der Waals surface area (Å²) in [4.78, 5) is 20.9. The van der Waals surface area contributed by atoms with E-state index in [0.717, 1.165) is 30.2 Å². The fourth-order valence-corrected chi connectivity index (χ4v) is 3.03. The average molecular weight is 368 g/mol. The van der Waals surface area contributed by atoms with Gasteiger partial charge in [0.2, 0.25) is 5.91 Å². The van der Waals surface area contributed by atoms with Crippen molar-refractivity contribution in [3.05, 3.63) is 16.1 Å². The zero-order valence-corrected chi connectivity index (χ0v) is 17.4. The maximum absolute atomic E-state index is 11.9. The molecular formula is C18H33N5OS. The molecule has 25 heavy (non-hydrogen) atoms. The van der Waals surface area contributed by atoms with Crippen LogP contribution < -0.4 is 16.0 Å². The van der Waals surface area contributed by atoms with Gasteiger partial charge >= 0.3 is 0 Å². The third kappa shape index (κ3) is 8.86. The van der Waals surface area contributed by atoms with Crippen molar-refractivity contribution in [2.75, 3.05) is 19.6 Å². The van der Waals surface area contributed by atoms with Crippen molar-refractivity contribution in [1.29, 1.82) is 0 Å². The molecule has 0 spiro atoms. The largest absolute Gasteiger partial charge is 0.357 e. The van der Waals surface area contributed by atoms with Crippen molar-refractivity contribution in [2.45, 2.75) is 65.8 Å². The number of aliphatic imine (C=N–C) groups is 1. The van der Waals surface area contributed by atoms with Crippen LogP contribution in [-0.2, 0) is 16.6 Å². The van der Waals surface area contributed by atoms with Crippen LogP contribution in [0, 0.1) is 0 Å². The fourth-order valence-electron chi connectivity index (χ4n) is 2.01. The van der Waals surface area contributed by atoms with E-state index < -0.39 is 0 Å². The molecule has 3 N–H and O–H groups in total. The van der Waals surface area contributed by atoms with Crippen molar-refractivity contribution in [2.24, 2.45) is 4.99 Å². The highest BCUT2D eigenvalue weighted by atomic mass is 32.1. The number of rotatable bonds is 6. The number of thiazole rings is 1. The Balaban J connectivity index is 2.51. The first kappa shape index (κ1) is 21.4. The van der Waals surface area contributed by atoms with Crippen LogP contribution >= 0.6 is 11.3 Å². The molecule has 1 aromatic heterocycles. The van der Waals surface area contributed by atoms with Crippen LogP contribution in [0.1, 0.15) is 59.2 Å². The predicted molar refractivity (Wildman–Crippen MR) is 106 cm³/mol. The topological polar surface area (TPSA) is 78.4 Å². The minimum Gasteiger partial charge on any atom is -0.357 e. The summed E-state index contributed by atoms with van der Waals surface area (Å²) in [7, 11) is 0. The molecule has 1 aromatic rings. The third-order valence-electron chi connectivity index (χ3n) is 3.19. The van der Waals surface area contributed by atoms with E-state index >= 15 is 0 Å². The summed E-state index contributed by atoms with van der Waals surface area (Å²) in [6, 6.07) is 0. The maximum Gasteiger partial charge on any atom is 0.242 e. The van der Waals surface area contributed by atoms with Gasteiger partial charge < -0.3 is 16.0 Å². The van der Waals surface area contributed by atoms with E-state index in [0.29, 0.717) is 5.96 Å². The molecule has 0 aliphatic carbocycles. The second-order valence-corrected chi connectivity index (χ2v) is 8.99. The zero-order chi connectivity index (χ0) is 19.1. The van der Waals surface area contributed by atoms with Crippen molar-refractivity contribution >= 4 is 23.2 Å². The maximum atomic E-state index is 11.9. The predicted octanol–water partition coefficient (Wildman–Crippen LogP) is 2.45. The van der Waals surface area contributed by atoms with Gasteiger partial charge in [-0.2, -0.15) is 0 Å². The summed E-state index contributed by atoms with van der Waals surface area (Å²) >= 11 is 1.69. The lowest BCUT2D eigenvalue weighted by molar-refractivity contribution is -0.121. The van der Waals surface area contributed by atoms with Gasteiger partial charge in [0.05, 0.1) is 10.7 Å². The molecule has 0 unspecified atom stereocenters. The highest BCUT2D eigenvalue weighted by Crippen LogP contribution is 2.23. The average Bonchev–Trinajstić information content (AvgIpc) is 2.92. The van der Waals surface area contributed by atoms with Gasteiger partial charge in [-0.25, -0.2) is 9.98 Å². The van der Waals surface area contributed by atoms with Gasteiger partial charge in [0, 0.05) is 35.8 Å². The Hall–Kier alpha value is -1.63. The Labute approximate surface area is 155 Å². The lowest BCUT2D eigenvalue weighted by atomic mass is 9.93. The van der Waals surface area contributed by atoms with Crippen LogP contribution in [0.4, 0.5) is 0 Å². The smallest absolute Gasteiger partial charge is 0.242 e. The molecule has 0 fully saturated rings. The number of carbonyl (C=O) groups is 1. The third-order valence-corrected chi connectivity index (χ3v) is 4.10. The monoisotopic (exact) mass is 367 g/mol. The summed E-state index contributed by atoms with van der Waals surface area (Å²) in [5.74, 6) is 0.568. The second-order valence-electron chi connectivity index (χ2n) is 8.05. The molecule has 1 rings (SSSR count). The normalized spacial score (nSPS) is 12.8. The summed E-state index contributed by atoms with van der Waals surface area (Å²) in [6.45, 7) is 16.0. The minimum atomic E-state index is -0.242. The van der Waals surface area contributed by atoms with Crippen molar-refractivity contribution in [1.82, 2.24) is 20.9 Å². The molecule has 142 valence electrons. The van der Waals surface area contributed by atoms with E-state index in [1.165, 1.54) is 0 Å². The van der Waals surface area contributed by atoms with E-state index in [2.05, 4.69) is 47.1 Å². The lowest BCUT2D eigenvalue weighted by Crippen LogP contribution is -2.43. The zero-order valence-electron chi connectivity index (χ0n) is 16.6. The van der Waals surface area contributed by atoms with Gasteiger partial charge in [-0.3, -0.25) is 4.79 Å². The van der Waals surface area contributed by atoms with Crippen LogP contribution in [0.15, 0.2) is 10.4 Å². The van der Waals surface area contributed by atoms with Crippen molar-refractivity contribution in [3.63, 3.8) is 0 Å². The number of amides is 1. The number of nitrogens with one attached hydrogen (secondary N) is 3. The van der Waals surface area contributed by atoms with E-state index in [-0.39, 0.29) is 23.4 Å². The SMILES string of the molecule is CCNC(=NCC(=O)NC(C)(C)C)NCCc1nc(C(C)(C)C)cs1. The number of hydrogen-bond acceptors (Lipinski definition) is 4. The van der Waals surface area contributed by atoms with E-state index in [1.807, 2.05) is 27.7 Å². The summed E-state index contributed by atoms with van der Waals surface area (Å²) < 4.78 is 0. The Bertz CT molecular complexity index is 581. The first-order chi connectivity index (χ1) is 11.5. The highest BCUT2D eigenvalue weighted by molar-refractivity contribution is 7.09. The van der Waals surface area contributed by atoms with Crippen LogP contribution in [0.5, 0.6) is 0 Å². The molecule has 6 nitrogen and oxygen atoms in total. The first-order valence-corrected chi connectivity index (χ1v) is 9.67. The van der Waals surface area contributed by atoms with Gasteiger partial charge in [-0.15, -0.1) is 11.3 Å². The van der Waals surface area contributed by atoms with Crippen molar-refractivity contribution < 1.29 is 4.79 Å². The molecule has 7 heteroatoms. The standard InChI is InChI=1S/C18H33N5OS/c1-8-19-16(21-11-14(24)23-18(5,6)7)20-10-9-15-22-13(12-25-15)17(2,3)4/h12H,8-11H2,1-7H3,(H,23,24)(H2,19,20,21). The molecule has 0 bridgehead atoms. The Morgan fingerprint density at radius 1 is 1.20 bits per heavy atom. The Morgan fingerprint density at radius 3 is 2.40 bits per heavy atom. The van der Waals surface area contributed by atoms with Gasteiger partial charge in [0.1, 0.15) is 6.54 Å². The van der Waals surface area contributed by atoms with E-state index in [1.54, 1.807) is 11.3 Å². The van der Waals surface area contributed by atoms with Crippen LogP contribution in [-0.4, -0.2) is 42.0 Å². The van der Waals surface area contributed by atoms with E-state index in [4.69, 9.17) is 4.98 Å². The molecule has 1 heterocycles. The molecule has 0 aromatic carbocycles. The summed E-state index contributed by atoms with van der Waals surface area (Å²) in [5.41, 5.74) is 0.972. The van der Waals surface area contributed by atoms with Gasteiger partial charge in [0.15, 0.2) is 5.96 Å². The number of hydrogen-bond donors (Lipinski definition) is 3. The molecule has 0 atom stereocenters. The fraction of sp³-hybridized carbons (Fsp3) is 0.722. The second kappa shape index (κ2) is 9.17. The molecule has 0 aliphatic heterocycles. The quantitative estimate of drug-likeness (QED) is 0.533. The molecule has 0 radical (unpaired) electrons. The minimum absolute atomic E-state index is 0.0823. The number of carbonyl (C=O) groups excluding carboxylic acids is 1. The molecular weight excluding hydrogens is 334 g/mol. The Morgan fingerprint density at radius 2 is 1.88 bits per heavy atom. The Kier molecular flexibility index (Phi) is 7.86. The molecule has 0 aliphatic rings. The van der Waals surface area contributed by atoms with Gasteiger partial charge in [-0.05, 0) is 27.7 Å². The number of aromatic nitrogens is 1. The van der Waals surface area contributed by atoms with Gasteiger partial charge in [0.25, 0.3) is 0 Å². The van der Waals surface area contributed by atoms with Crippen LogP contribution in [0.25, 0.3) is 0 Å². The summed E-state index contributed by atoms with van der Waals surface area (Å²) in [5, 5.41) is 12.6. The first-order valence-electron chi connectivity index (χ1n) is 8.79. The van der Waals surface area contributed by atoms with Gasteiger partial charge in [-0.1, -0.05) is 20.8 Å². The molecule has 1 amide bonds. The number of guanidine groups is 1. The summed E-state index contributed by atoms with van der Waals surface area (Å²) in [6.07, 6.45) is 0.833. The highest BCUT2D eigenvalue weighted by Gasteiger charge is 2.17. The van der Waals surface area contributed by atoms with Crippen LogP contribution in [0.3, 0.4) is 0 Å². The molecule has 0 saturated heterocycles. The van der Waals surface area contributed by atoms with Crippen LogP contribution in [0.2, 0.25) is 0 Å². The number of nitrogens with zero attached hydrogens (tertiary/aromatic N) is 2. The van der Waals surface area contributed by atoms with Crippen molar-refractivity contribution in [3.8, 4) is 0 Å².